The van der Waals surface area contributed by atoms with Crippen molar-refractivity contribution in [3.05, 3.63) is 16.1 Å². The zero-order chi connectivity index (χ0) is 13.9. The molecular weight excluding hydrogens is 252 g/mol. The summed E-state index contributed by atoms with van der Waals surface area (Å²) in [6.45, 7) is 7.49. The summed E-state index contributed by atoms with van der Waals surface area (Å²) >= 11 is 1.48. The lowest BCUT2D eigenvalue weighted by molar-refractivity contribution is -0.137. The number of carboxylic acids is 1. The van der Waals surface area contributed by atoms with E-state index < -0.39 is 12.0 Å². The average molecular weight is 270 g/mol. The van der Waals surface area contributed by atoms with Gasteiger partial charge < -0.3 is 10.4 Å². The summed E-state index contributed by atoms with van der Waals surface area (Å²) in [5.74, 6) is -1.22. The molecule has 100 valence electrons. The van der Waals surface area contributed by atoms with E-state index in [1.165, 1.54) is 18.3 Å². The van der Waals surface area contributed by atoms with Crippen molar-refractivity contribution in [3.8, 4) is 0 Å². The number of thiazole rings is 1. The second kappa shape index (κ2) is 5.48. The lowest BCUT2D eigenvalue weighted by Gasteiger charge is -2.15. The fraction of sp³-hybridized carbons (Fsp3) is 0.583. The molecule has 0 spiro atoms. The van der Waals surface area contributed by atoms with Crippen LogP contribution in [-0.4, -0.2) is 22.0 Å². The van der Waals surface area contributed by atoms with E-state index in [2.05, 4.69) is 10.3 Å². The molecule has 6 heteroatoms. The fourth-order valence-corrected chi connectivity index (χ4v) is 2.40. The maximum atomic E-state index is 11.1. The number of nitrogens with one attached hydrogen (secondary N) is 1. The van der Waals surface area contributed by atoms with Crippen LogP contribution in [-0.2, 0) is 15.0 Å². The van der Waals surface area contributed by atoms with Crippen molar-refractivity contribution >= 4 is 23.2 Å². The lowest BCUT2D eigenvalue weighted by atomic mass is 9.98. The van der Waals surface area contributed by atoms with Crippen LogP contribution in [0, 0.1) is 0 Å². The summed E-state index contributed by atoms with van der Waals surface area (Å²) in [5, 5.41) is 14.2. The molecule has 1 aromatic rings. The highest BCUT2D eigenvalue weighted by molar-refractivity contribution is 7.09. The third-order valence-electron chi connectivity index (χ3n) is 2.28. The minimum atomic E-state index is -0.959. The Bertz CT molecular complexity index is 432. The van der Waals surface area contributed by atoms with Crippen molar-refractivity contribution in [2.75, 3.05) is 0 Å². The predicted octanol–water partition coefficient (Wildman–Crippen LogP) is 2.09. The van der Waals surface area contributed by atoms with Gasteiger partial charge in [0.15, 0.2) is 0 Å². The summed E-state index contributed by atoms with van der Waals surface area (Å²) in [6, 6.07) is -0.563. The first-order valence-electron chi connectivity index (χ1n) is 5.65. The number of carbonyl (C=O) groups is 2. The van der Waals surface area contributed by atoms with Gasteiger partial charge >= 0.3 is 5.97 Å². The van der Waals surface area contributed by atoms with Crippen LogP contribution < -0.4 is 5.32 Å². The van der Waals surface area contributed by atoms with E-state index >= 15 is 0 Å². The lowest BCUT2D eigenvalue weighted by Crippen LogP contribution is -2.28. The molecule has 1 atom stereocenters. The first-order chi connectivity index (χ1) is 8.20. The quantitative estimate of drug-likeness (QED) is 0.878. The van der Waals surface area contributed by atoms with Gasteiger partial charge in [0, 0.05) is 17.7 Å². The van der Waals surface area contributed by atoms with Gasteiger partial charge in [0.1, 0.15) is 0 Å². The third-order valence-corrected chi connectivity index (χ3v) is 3.56. The maximum absolute atomic E-state index is 11.1. The van der Waals surface area contributed by atoms with Crippen LogP contribution in [0.3, 0.4) is 0 Å². The summed E-state index contributed by atoms with van der Waals surface area (Å²) in [6.07, 6.45) is -0.160. The molecule has 2 N–H and O–H groups in total. The number of amides is 1. The average Bonchev–Trinajstić information content (AvgIpc) is 2.62. The first kappa shape index (κ1) is 14.6. The summed E-state index contributed by atoms with van der Waals surface area (Å²) in [4.78, 5) is 26.3. The van der Waals surface area contributed by atoms with Crippen LogP contribution in [0.2, 0.25) is 0 Å². The molecule has 1 amide bonds. The topological polar surface area (TPSA) is 79.3 Å². The van der Waals surface area contributed by atoms with E-state index in [0.717, 1.165) is 5.01 Å². The van der Waals surface area contributed by atoms with Crippen molar-refractivity contribution < 1.29 is 14.7 Å². The van der Waals surface area contributed by atoms with E-state index in [9.17, 15) is 9.59 Å². The Hall–Kier alpha value is -1.43. The van der Waals surface area contributed by atoms with Gasteiger partial charge in [0.05, 0.1) is 23.2 Å². The highest BCUT2D eigenvalue weighted by Crippen LogP contribution is 2.28. The van der Waals surface area contributed by atoms with Gasteiger partial charge in [-0.25, -0.2) is 4.98 Å². The summed E-state index contributed by atoms with van der Waals surface area (Å²) in [5.41, 5.74) is 0.537. The summed E-state index contributed by atoms with van der Waals surface area (Å²) < 4.78 is 0. The Morgan fingerprint density at radius 3 is 2.50 bits per heavy atom. The van der Waals surface area contributed by atoms with Crippen LogP contribution >= 0.6 is 11.3 Å². The molecule has 0 saturated heterocycles. The third kappa shape index (κ3) is 4.10. The number of aromatic nitrogens is 1. The first-order valence-corrected chi connectivity index (χ1v) is 6.53. The monoisotopic (exact) mass is 270 g/mol. The van der Waals surface area contributed by atoms with Crippen molar-refractivity contribution in [1.82, 2.24) is 10.3 Å². The zero-order valence-electron chi connectivity index (χ0n) is 11.0. The molecule has 1 aromatic heterocycles. The van der Waals surface area contributed by atoms with Crippen molar-refractivity contribution in [1.29, 1.82) is 0 Å². The van der Waals surface area contributed by atoms with Gasteiger partial charge in [-0.1, -0.05) is 20.8 Å². The van der Waals surface area contributed by atoms with Crippen LogP contribution in [0.5, 0.6) is 0 Å². The molecule has 0 bridgehead atoms. The second-order valence-corrected chi connectivity index (χ2v) is 6.04. The molecule has 0 aliphatic rings. The van der Waals surface area contributed by atoms with Crippen LogP contribution in [0.4, 0.5) is 0 Å². The van der Waals surface area contributed by atoms with Crippen molar-refractivity contribution in [2.45, 2.75) is 45.6 Å². The largest absolute Gasteiger partial charge is 0.481 e. The molecular formula is C12H18N2O3S. The number of carbonyl (C=O) groups excluding carboxylic acids is 1. The normalized spacial score (nSPS) is 13.1. The molecule has 1 rings (SSSR count). The van der Waals surface area contributed by atoms with Gasteiger partial charge in [-0.3, -0.25) is 9.59 Å². The minimum absolute atomic E-state index is 0.0765. The van der Waals surface area contributed by atoms with Gasteiger partial charge in [0.2, 0.25) is 5.91 Å². The highest BCUT2D eigenvalue weighted by Gasteiger charge is 2.23. The zero-order valence-corrected chi connectivity index (χ0v) is 11.8. The van der Waals surface area contributed by atoms with E-state index in [0.29, 0.717) is 5.69 Å². The molecule has 0 radical (unpaired) electrons. The smallest absolute Gasteiger partial charge is 0.305 e. The Morgan fingerprint density at radius 2 is 2.11 bits per heavy atom. The Balaban J connectivity index is 2.95. The Kier molecular flexibility index (Phi) is 4.45. The van der Waals surface area contributed by atoms with Gasteiger partial charge in [0.25, 0.3) is 0 Å². The molecule has 0 unspecified atom stereocenters. The fourth-order valence-electron chi connectivity index (χ4n) is 1.44. The molecule has 18 heavy (non-hydrogen) atoms. The molecule has 0 aliphatic carbocycles. The maximum Gasteiger partial charge on any atom is 0.305 e. The molecule has 1 heterocycles. The number of carboxylic acid groups (broad SMARTS) is 1. The summed E-state index contributed by atoms with van der Waals surface area (Å²) in [7, 11) is 0. The standard InChI is InChI=1S/C12H18N2O3S/c1-7(15)13-8(5-10(16)17)9-6-18-11(14-9)12(2,3)4/h6,8H,5H2,1-4H3,(H,13,15)(H,16,17)/t8-/m0/s1. The van der Waals surface area contributed by atoms with Gasteiger partial charge in [-0.15, -0.1) is 11.3 Å². The van der Waals surface area contributed by atoms with Crippen LogP contribution in [0.15, 0.2) is 5.38 Å². The van der Waals surface area contributed by atoms with Gasteiger partial charge in [-0.05, 0) is 0 Å². The molecule has 0 fully saturated rings. The van der Waals surface area contributed by atoms with E-state index in [4.69, 9.17) is 5.11 Å². The van der Waals surface area contributed by atoms with Crippen LogP contribution in [0.1, 0.15) is 50.9 Å². The minimum Gasteiger partial charge on any atom is -0.481 e. The second-order valence-electron chi connectivity index (χ2n) is 5.18. The van der Waals surface area contributed by atoms with Crippen molar-refractivity contribution in [2.24, 2.45) is 0 Å². The Morgan fingerprint density at radius 1 is 1.50 bits per heavy atom. The number of hydrogen-bond acceptors (Lipinski definition) is 4. The van der Waals surface area contributed by atoms with E-state index in [1.807, 2.05) is 26.2 Å². The Labute approximate surface area is 110 Å². The predicted molar refractivity (Wildman–Crippen MR) is 69.6 cm³/mol. The van der Waals surface area contributed by atoms with Crippen LogP contribution in [0.25, 0.3) is 0 Å². The number of aliphatic carboxylic acids is 1. The number of rotatable bonds is 4. The molecule has 0 aliphatic heterocycles. The number of hydrogen-bond donors (Lipinski definition) is 2. The van der Waals surface area contributed by atoms with Crippen molar-refractivity contribution in [3.63, 3.8) is 0 Å². The molecule has 0 saturated carbocycles. The SMILES string of the molecule is CC(=O)N[C@@H](CC(=O)O)c1csc(C(C)(C)C)n1. The molecule has 5 nitrogen and oxygen atoms in total. The van der Waals surface area contributed by atoms with E-state index in [-0.39, 0.29) is 17.7 Å². The molecule has 0 aromatic carbocycles. The highest BCUT2D eigenvalue weighted by atomic mass is 32.1. The number of nitrogens with zero attached hydrogens (tertiary/aromatic N) is 1. The van der Waals surface area contributed by atoms with E-state index in [1.54, 1.807) is 0 Å². The van der Waals surface area contributed by atoms with Gasteiger partial charge in [-0.2, -0.15) is 0 Å².